The van der Waals surface area contributed by atoms with Crippen molar-refractivity contribution in [1.82, 2.24) is 9.97 Å². The summed E-state index contributed by atoms with van der Waals surface area (Å²) in [5, 5.41) is 8.70. The second kappa shape index (κ2) is 3.49. The lowest BCUT2D eigenvalue weighted by Crippen LogP contribution is -2.05. The minimum atomic E-state index is -0.961. The molecule has 0 atom stereocenters. The summed E-state index contributed by atoms with van der Waals surface area (Å²) in [6.07, 6.45) is -0.193. The molecular weight excluding hydrogens is 180 g/mol. The Morgan fingerprint density at radius 3 is 2.83 bits per heavy atom. The molecule has 1 aromatic heterocycles. The summed E-state index contributed by atoms with van der Waals surface area (Å²) in [4.78, 5) is 17.9. The van der Waals surface area contributed by atoms with Crippen LogP contribution >= 0.6 is 11.6 Å². The molecule has 1 aromatic rings. The van der Waals surface area contributed by atoms with Crippen molar-refractivity contribution in [1.29, 1.82) is 0 Å². The van der Waals surface area contributed by atoms with Crippen LogP contribution in [0.2, 0.25) is 5.15 Å². The standard InChI is InChI=1S/C7H7ClN2O2/c1-4-2-5(8)10-6(9-4)3-7(11)12/h2H,3H2,1H3,(H,11,12). The Morgan fingerprint density at radius 2 is 2.33 bits per heavy atom. The number of hydrogen-bond donors (Lipinski definition) is 1. The summed E-state index contributed by atoms with van der Waals surface area (Å²) in [6.45, 7) is 1.74. The lowest BCUT2D eigenvalue weighted by atomic mass is 10.4. The zero-order chi connectivity index (χ0) is 9.14. The topological polar surface area (TPSA) is 63.1 Å². The normalized spacial score (nSPS) is 9.83. The molecule has 0 amide bonds. The Kier molecular flexibility index (Phi) is 2.60. The molecule has 0 saturated heterocycles. The molecule has 0 unspecified atom stereocenters. The van der Waals surface area contributed by atoms with Crippen LogP contribution in [0.5, 0.6) is 0 Å². The van der Waals surface area contributed by atoms with Gasteiger partial charge < -0.3 is 5.11 Å². The predicted molar refractivity (Wildman–Crippen MR) is 43.1 cm³/mol. The average Bonchev–Trinajstić information content (AvgIpc) is 1.81. The molecule has 4 nitrogen and oxygen atoms in total. The molecule has 1 rings (SSSR count). The molecule has 0 aliphatic rings. The van der Waals surface area contributed by atoms with Crippen molar-refractivity contribution in [3.05, 3.63) is 22.7 Å². The lowest BCUT2D eigenvalue weighted by Gasteiger charge is -1.97. The fraction of sp³-hybridized carbons (Fsp3) is 0.286. The third-order valence-electron chi connectivity index (χ3n) is 1.18. The Labute approximate surface area is 74.2 Å². The Bertz CT molecular complexity index is 294. The summed E-state index contributed by atoms with van der Waals surface area (Å²) >= 11 is 5.59. The lowest BCUT2D eigenvalue weighted by molar-refractivity contribution is -0.136. The first-order chi connectivity index (χ1) is 5.58. The molecule has 0 bridgehead atoms. The highest BCUT2D eigenvalue weighted by atomic mass is 35.5. The van der Waals surface area contributed by atoms with Gasteiger partial charge in [0.05, 0.1) is 0 Å². The molecule has 1 N–H and O–H groups in total. The van der Waals surface area contributed by atoms with Gasteiger partial charge >= 0.3 is 5.97 Å². The predicted octanol–water partition coefficient (Wildman–Crippen LogP) is 1.07. The van der Waals surface area contributed by atoms with Gasteiger partial charge in [0, 0.05) is 5.69 Å². The van der Waals surface area contributed by atoms with Crippen molar-refractivity contribution >= 4 is 17.6 Å². The van der Waals surface area contributed by atoms with Gasteiger partial charge in [0.2, 0.25) is 0 Å². The first-order valence-corrected chi connectivity index (χ1v) is 3.67. The first kappa shape index (κ1) is 8.93. The van der Waals surface area contributed by atoms with E-state index in [9.17, 15) is 4.79 Å². The smallest absolute Gasteiger partial charge is 0.311 e. The zero-order valence-corrected chi connectivity index (χ0v) is 7.17. The number of rotatable bonds is 2. The number of aryl methyl sites for hydroxylation is 1. The summed E-state index contributed by atoms with van der Waals surface area (Å²) < 4.78 is 0. The summed E-state index contributed by atoms with van der Waals surface area (Å²) in [5.74, 6) is -0.718. The number of carboxylic acid groups (broad SMARTS) is 1. The average molecular weight is 187 g/mol. The fourth-order valence-corrected chi connectivity index (χ4v) is 1.06. The number of nitrogens with zero attached hydrogens (tertiary/aromatic N) is 2. The van der Waals surface area contributed by atoms with Gasteiger partial charge in [-0.15, -0.1) is 0 Å². The van der Waals surface area contributed by atoms with Crippen molar-refractivity contribution in [3.63, 3.8) is 0 Å². The number of hydrogen-bond acceptors (Lipinski definition) is 3. The summed E-state index contributed by atoms with van der Waals surface area (Å²) in [6, 6.07) is 1.58. The third kappa shape index (κ3) is 2.47. The number of halogens is 1. The monoisotopic (exact) mass is 186 g/mol. The van der Waals surface area contributed by atoms with Crippen LogP contribution in [0, 0.1) is 6.92 Å². The van der Waals surface area contributed by atoms with Gasteiger partial charge in [-0.3, -0.25) is 4.79 Å². The highest BCUT2D eigenvalue weighted by Crippen LogP contribution is 2.06. The molecule has 1 heterocycles. The van der Waals surface area contributed by atoms with E-state index in [1.165, 1.54) is 0 Å². The van der Waals surface area contributed by atoms with Crippen LogP contribution in [0.25, 0.3) is 0 Å². The summed E-state index contributed by atoms with van der Waals surface area (Å²) in [5.41, 5.74) is 0.672. The number of aliphatic carboxylic acids is 1. The maximum Gasteiger partial charge on any atom is 0.311 e. The van der Waals surface area contributed by atoms with Crippen LogP contribution < -0.4 is 0 Å². The quantitative estimate of drug-likeness (QED) is 0.702. The second-order valence-corrected chi connectivity index (χ2v) is 2.71. The third-order valence-corrected chi connectivity index (χ3v) is 1.37. The van der Waals surface area contributed by atoms with Gasteiger partial charge in [-0.05, 0) is 13.0 Å². The van der Waals surface area contributed by atoms with E-state index in [2.05, 4.69) is 9.97 Å². The van der Waals surface area contributed by atoms with Crippen molar-refractivity contribution in [3.8, 4) is 0 Å². The van der Waals surface area contributed by atoms with Gasteiger partial charge in [-0.2, -0.15) is 0 Å². The maximum absolute atomic E-state index is 10.3. The molecule has 12 heavy (non-hydrogen) atoms. The van der Waals surface area contributed by atoms with Gasteiger partial charge in [0.1, 0.15) is 17.4 Å². The molecule has 0 saturated carbocycles. The van der Waals surface area contributed by atoms with Gasteiger partial charge in [-0.25, -0.2) is 9.97 Å². The van der Waals surface area contributed by atoms with E-state index in [0.717, 1.165) is 0 Å². The Balaban J connectivity index is 2.93. The molecule has 0 aromatic carbocycles. The van der Waals surface area contributed by atoms with E-state index in [-0.39, 0.29) is 17.4 Å². The minimum absolute atomic E-state index is 0.193. The van der Waals surface area contributed by atoms with E-state index >= 15 is 0 Å². The molecular formula is C7H7ClN2O2. The van der Waals surface area contributed by atoms with E-state index in [0.29, 0.717) is 5.69 Å². The minimum Gasteiger partial charge on any atom is -0.481 e. The van der Waals surface area contributed by atoms with Crippen LogP contribution in [-0.2, 0) is 11.2 Å². The SMILES string of the molecule is Cc1cc(Cl)nc(CC(=O)O)n1. The van der Waals surface area contributed by atoms with Crippen molar-refractivity contribution in [2.45, 2.75) is 13.3 Å². The van der Waals surface area contributed by atoms with Crippen molar-refractivity contribution < 1.29 is 9.90 Å². The largest absolute Gasteiger partial charge is 0.481 e. The number of aromatic nitrogens is 2. The molecule has 0 fully saturated rings. The maximum atomic E-state index is 10.3. The summed E-state index contributed by atoms with van der Waals surface area (Å²) in [7, 11) is 0. The highest BCUT2D eigenvalue weighted by Gasteiger charge is 2.04. The van der Waals surface area contributed by atoms with E-state index in [1.54, 1.807) is 13.0 Å². The Morgan fingerprint density at radius 1 is 1.67 bits per heavy atom. The second-order valence-electron chi connectivity index (χ2n) is 2.32. The molecule has 0 spiro atoms. The molecule has 0 aliphatic heterocycles. The van der Waals surface area contributed by atoms with Crippen LogP contribution in [0.3, 0.4) is 0 Å². The van der Waals surface area contributed by atoms with Crippen LogP contribution in [0.1, 0.15) is 11.5 Å². The molecule has 0 aliphatic carbocycles. The zero-order valence-electron chi connectivity index (χ0n) is 6.41. The van der Waals surface area contributed by atoms with E-state index < -0.39 is 5.97 Å². The van der Waals surface area contributed by atoms with Gasteiger partial charge in [0.15, 0.2) is 0 Å². The first-order valence-electron chi connectivity index (χ1n) is 3.30. The number of carboxylic acids is 1. The highest BCUT2D eigenvalue weighted by molar-refractivity contribution is 6.29. The molecule has 0 radical (unpaired) electrons. The van der Waals surface area contributed by atoms with Gasteiger partial charge in [-0.1, -0.05) is 11.6 Å². The van der Waals surface area contributed by atoms with Crippen LogP contribution in [-0.4, -0.2) is 21.0 Å². The van der Waals surface area contributed by atoms with Crippen molar-refractivity contribution in [2.24, 2.45) is 0 Å². The van der Waals surface area contributed by atoms with Crippen molar-refractivity contribution in [2.75, 3.05) is 0 Å². The van der Waals surface area contributed by atoms with E-state index in [1.807, 2.05) is 0 Å². The Hall–Kier alpha value is -1.16. The van der Waals surface area contributed by atoms with Crippen LogP contribution in [0.4, 0.5) is 0 Å². The van der Waals surface area contributed by atoms with E-state index in [4.69, 9.17) is 16.7 Å². The number of carbonyl (C=O) groups is 1. The fourth-order valence-electron chi connectivity index (χ4n) is 0.803. The van der Waals surface area contributed by atoms with Gasteiger partial charge in [0.25, 0.3) is 0 Å². The molecule has 64 valence electrons. The molecule has 5 heteroatoms. The van der Waals surface area contributed by atoms with Crippen LogP contribution in [0.15, 0.2) is 6.07 Å².